The minimum absolute atomic E-state index is 0.663. The molecular weight excluding hydrogens is 228 g/mol. The van der Waals surface area contributed by atoms with E-state index < -0.39 is 0 Å². The normalized spacial score (nSPS) is 15.8. The third-order valence-corrected chi connectivity index (χ3v) is 4.36. The van der Waals surface area contributed by atoms with E-state index in [0.29, 0.717) is 5.25 Å². The SMILES string of the molecule is CCC/C(C(C)=NC)=C(/C)SC(CC)CNC. The summed E-state index contributed by atoms with van der Waals surface area (Å²) in [6.45, 7) is 9.91. The van der Waals surface area contributed by atoms with Crippen molar-refractivity contribution in [3.05, 3.63) is 10.5 Å². The molecule has 1 N–H and O–H groups in total. The van der Waals surface area contributed by atoms with Crippen LogP contribution in [0.4, 0.5) is 0 Å². The van der Waals surface area contributed by atoms with Crippen LogP contribution in [0.3, 0.4) is 0 Å². The molecule has 0 aromatic rings. The van der Waals surface area contributed by atoms with E-state index >= 15 is 0 Å². The molecule has 0 aliphatic heterocycles. The number of allylic oxidation sites excluding steroid dienone is 2. The van der Waals surface area contributed by atoms with Crippen LogP contribution in [0, 0.1) is 0 Å². The second kappa shape index (κ2) is 9.72. The molecule has 0 bridgehead atoms. The molecule has 0 aliphatic carbocycles. The summed E-state index contributed by atoms with van der Waals surface area (Å²) in [6, 6.07) is 0. The number of hydrogen-bond donors (Lipinski definition) is 1. The fraction of sp³-hybridized carbons (Fsp3) is 0.786. The Kier molecular flexibility index (Phi) is 9.56. The van der Waals surface area contributed by atoms with Crippen LogP contribution in [-0.2, 0) is 0 Å². The first kappa shape index (κ1) is 16.7. The fourth-order valence-corrected chi connectivity index (χ4v) is 3.12. The highest BCUT2D eigenvalue weighted by Gasteiger charge is 2.11. The van der Waals surface area contributed by atoms with Crippen molar-refractivity contribution < 1.29 is 0 Å². The molecule has 0 aromatic carbocycles. The lowest BCUT2D eigenvalue weighted by Crippen LogP contribution is -2.20. The fourth-order valence-electron chi connectivity index (χ4n) is 1.81. The van der Waals surface area contributed by atoms with Gasteiger partial charge in [0.05, 0.1) is 0 Å². The van der Waals surface area contributed by atoms with Gasteiger partial charge < -0.3 is 5.32 Å². The molecule has 0 saturated carbocycles. The van der Waals surface area contributed by atoms with Gasteiger partial charge in [0.2, 0.25) is 0 Å². The molecule has 100 valence electrons. The van der Waals surface area contributed by atoms with Crippen LogP contribution in [0.5, 0.6) is 0 Å². The lowest BCUT2D eigenvalue weighted by molar-refractivity contribution is 0.727. The Morgan fingerprint density at radius 1 is 1.29 bits per heavy atom. The summed E-state index contributed by atoms with van der Waals surface area (Å²) in [7, 11) is 3.90. The summed E-state index contributed by atoms with van der Waals surface area (Å²) < 4.78 is 0. The number of aliphatic imine (C=N–C) groups is 1. The Hall–Kier alpha value is -0.280. The van der Waals surface area contributed by atoms with Gasteiger partial charge in [0, 0.05) is 24.6 Å². The zero-order valence-corrected chi connectivity index (χ0v) is 13.1. The van der Waals surface area contributed by atoms with Gasteiger partial charge in [0.25, 0.3) is 0 Å². The Morgan fingerprint density at radius 3 is 2.35 bits per heavy atom. The highest BCUT2D eigenvalue weighted by Crippen LogP contribution is 2.28. The van der Waals surface area contributed by atoms with Crippen molar-refractivity contribution in [2.24, 2.45) is 4.99 Å². The topological polar surface area (TPSA) is 24.4 Å². The lowest BCUT2D eigenvalue weighted by atomic mass is 10.1. The molecule has 0 aromatic heterocycles. The van der Waals surface area contributed by atoms with Gasteiger partial charge in [-0.05, 0) is 44.2 Å². The zero-order valence-electron chi connectivity index (χ0n) is 12.3. The summed E-state index contributed by atoms with van der Waals surface area (Å²) in [6.07, 6.45) is 3.52. The second-order valence-electron chi connectivity index (χ2n) is 4.30. The molecule has 1 unspecified atom stereocenters. The summed E-state index contributed by atoms with van der Waals surface area (Å²) in [4.78, 5) is 5.78. The predicted molar refractivity (Wildman–Crippen MR) is 82.2 cm³/mol. The molecule has 0 rings (SSSR count). The largest absolute Gasteiger partial charge is 0.319 e. The highest BCUT2D eigenvalue weighted by atomic mass is 32.2. The van der Waals surface area contributed by atoms with E-state index in [1.54, 1.807) is 0 Å². The van der Waals surface area contributed by atoms with Crippen molar-refractivity contribution in [2.75, 3.05) is 20.6 Å². The lowest BCUT2D eigenvalue weighted by Gasteiger charge is -2.17. The van der Waals surface area contributed by atoms with Gasteiger partial charge in [-0.3, -0.25) is 4.99 Å². The smallest absolute Gasteiger partial charge is 0.0353 e. The maximum Gasteiger partial charge on any atom is 0.0353 e. The Labute approximate surface area is 111 Å². The molecule has 1 atom stereocenters. The van der Waals surface area contributed by atoms with Gasteiger partial charge in [-0.1, -0.05) is 20.3 Å². The average molecular weight is 256 g/mol. The molecule has 0 heterocycles. The number of thioether (sulfide) groups is 1. The number of nitrogens with one attached hydrogen (secondary N) is 1. The second-order valence-corrected chi connectivity index (χ2v) is 5.81. The van der Waals surface area contributed by atoms with E-state index in [1.165, 1.54) is 29.0 Å². The molecule has 0 amide bonds. The maximum atomic E-state index is 4.34. The summed E-state index contributed by atoms with van der Waals surface area (Å²) in [5.41, 5.74) is 2.63. The third-order valence-electron chi connectivity index (χ3n) is 2.93. The zero-order chi connectivity index (χ0) is 13.3. The van der Waals surface area contributed by atoms with Gasteiger partial charge >= 0.3 is 0 Å². The molecule has 3 heteroatoms. The monoisotopic (exact) mass is 256 g/mol. The van der Waals surface area contributed by atoms with Gasteiger partial charge in [-0.25, -0.2) is 0 Å². The van der Waals surface area contributed by atoms with E-state index in [0.717, 1.165) is 13.0 Å². The maximum absolute atomic E-state index is 4.34. The van der Waals surface area contributed by atoms with Crippen LogP contribution in [0.1, 0.15) is 47.0 Å². The first-order valence-electron chi connectivity index (χ1n) is 6.55. The molecule has 17 heavy (non-hydrogen) atoms. The minimum Gasteiger partial charge on any atom is -0.319 e. The quantitative estimate of drug-likeness (QED) is 0.666. The van der Waals surface area contributed by atoms with Crippen molar-refractivity contribution in [1.82, 2.24) is 5.32 Å². The molecule has 2 nitrogen and oxygen atoms in total. The summed E-state index contributed by atoms with van der Waals surface area (Å²) in [5.74, 6) is 0. The van der Waals surface area contributed by atoms with Crippen LogP contribution in [0.15, 0.2) is 15.5 Å². The Balaban J connectivity index is 4.81. The standard InChI is InChI=1S/C14H28N2S/c1-7-9-14(11(3)16-6)12(4)17-13(8-2)10-15-5/h13,15H,7-10H2,1-6H3/b14-12+,16-11?. The van der Waals surface area contributed by atoms with Gasteiger partial charge in [-0.15, -0.1) is 11.8 Å². The Bertz CT molecular complexity index is 269. The van der Waals surface area contributed by atoms with Crippen molar-refractivity contribution in [3.8, 4) is 0 Å². The van der Waals surface area contributed by atoms with Gasteiger partial charge in [0.1, 0.15) is 0 Å². The molecule has 0 spiro atoms. The highest BCUT2D eigenvalue weighted by molar-refractivity contribution is 8.03. The van der Waals surface area contributed by atoms with Crippen molar-refractivity contribution in [2.45, 2.75) is 52.2 Å². The molecule has 0 saturated heterocycles. The predicted octanol–water partition coefficient (Wildman–Crippen LogP) is 3.88. The number of nitrogens with zero attached hydrogens (tertiary/aromatic N) is 1. The van der Waals surface area contributed by atoms with E-state index in [4.69, 9.17) is 0 Å². The van der Waals surface area contributed by atoms with E-state index in [2.05, 4.69) is 38.0 Å². The van der Waals surface area contributed by atoms with Crippen molar-refractivity contribution in [3.63, 3.8) is 0 Å². The summed E-state index contributed by atoms with van der Waals surface area (Å²) in [5, 5.41) is 3.93. The molecule has 0 fully saturated rings. The molecule has 0 aliphatic rings. The molecular formula is C14H28N2S. The van der Waals surface area contributed by atoms with Crippen LogP contribution in [-0.4, -0.2) is 31.6 Å². The van der Waals surface area contributed by atoms with E-state index in [1.807, 2.05) is 25.9 Å². The van der Waals surface area contributed by atoms with E-state index in [-0.39, 0.29) is 0 Å². The van der Waals surface area contributed by atoms with Crippen LogP contribution < -0.4 is 5.32 Å². The van der Waals surface area contributed by atoms with Crippen molar-refractivity contribution >= 4 is 17.5 Å². The van der Waals surface area contributed by atoms with Crippen LogP contribution >= 0.6 is 11.8 Å². The molecule has 0 radical (unpaired) electrons. The Morgan fingerprint density at radius 2 is 1.94 bits per heavy atom. The minimum atomic E-state index is 0.663. The van der Waals surface area contributed by atoms with Crippen LogP contribution in [0.25, 0.3) is 0 Å². The van der Waals surface area contributed by atoms with Crippen LogP contribution in [0.2, 0.25) is 0 Å². The van der Waals surface area contributed by atoms with Gasteiger partial charge in [-0.2, -0.15) is 0 Å². The number of rotatable bonds is 8. The first-order chi connectivity index (χ1) is 8.10. The van der Waals surface area contributed by atoms with Crippen molar-refractivity contribution in [1.29, 1.82) is 0 Å². The number of hydrogen-bond acceptors (Lipinski definition) is 3. The van der Waals surface area contributed by atoms with E-state index in [9.17, 15) is 0 Å². The third kappa shape index (κ3) is 6.27. The van der Waals surface area contributed by atoms with Gasteiger partial charge in [0.15, 0.2) is 0 Å². The average Bonchev–Trinajstić information content (AvgIpc) is 2.34. The summed E-state index contributed by atoms with van der Waals surface area (Å²) >= 11 is 2.00. The first-order valence-corrected chi connectivity index (χ1v) is 7.43.